The van der Waals surface area contributed by atoms with Crippen molar-refractivity contribution < 1.29 is 19.0 Å². The molecule has 0 unspecified atom stereocenters. The molecule has 0 fully saturated rings. The zero-order valence-corrected chi connectivity index (χ0v) is 10.6. The number of ether oxygens (including phenoxy) is 1. The van der Waals surface area contributed by atoms with Crippen molar-refractivity contribution in [1.82, 2.24) is 4.98 Å². The van der Waals surface area contributed by atoms with Crippen molar-refractivity contribution in [3.8, 4) is 11.6 Å². The van der Waals surface area contributed by atoms with Crippen LogP contribution in [0.5, 0.6) is 11.6 Å². The Hall–Kier alpha value is -2.14. The molecular formula is C13H9ClFNO3. The van der Waals surface area contributed by atoms with Crippen LogP contribution in [0.15, 0.2) is 30.5 Å². The van der Waals surface area contributed by atoms with Gasteiger partial charge in [0.05, 0.1) is 10.6 Å². The van der Waals surface area contributed by atoms with Gasteiger partial charge in [-0.15, -0.1) is 0 Å². The smallest absolute Gasteiger partial charge is 0.337 e. The van der Waals surface area contributed by atoms with Gasteiger partial charge in [-0.25, -0.2) is 14.2 Å². The number of halogens is 2. The van der Waals surface area contributed by atoms with Crippen LogP contribution in [0.25, 0.3) is 0 Å². The van der Waals surface area contributed by atoms with Crippen molar-refractivity contribution >= 4 is 17.6 Å². The molecule has 0 saturated heterocycles. The van der Waals surface area contributed by atoms with Gasteiger partial charge in [-0.1, -0.05) is 17.7 Å². The number of hydrogen-bond acceptors (Lipinski definition) is 3. The number of aryl methyl sites for hydroxylation is 1. The Morgan fingerprint density at radius 1 is 1.47 bits per heavy atom. The highest BCUT2D eigenvalue weighted by Gasteiger charge is 2.12. The Balaban J connectivity index is 2.34. The first-order valence-electron chi connectivity index (χ1n) is 5.31. The fraction of sp³-hybridized carbons (Fsp3) is 0.0769. The second kappa shape index (κ2) is 5.24. The average molecular weight is 282 g/mol. The fourth-order valence-corrected chi connectivity index (χ4v) is 1.62. The normalized spacial score (nSPS) is 10.3. The summed E-state index contributed by atoms with van der Waals surface area (Å²) in [6, 6.07) is 5.75. The van der Waals surface area contributed by atoms with Crippen molar-refractivity contribution in [1.29, 1.82) is 0 Å². The van der Waals surface area contributed by atoms with Crippen molar-refractivity contribution in [2.75, 3.05) is 0 Å². The molecule has 0 atom stereocenters. The Kier molecular flexibility index (Phi) is 3.66. The number of pyridine rings is 1. The van der Waals surface area contributed by atoms with Crippen LogP contribution in [-0.2, 0) is 0 Å². The standard InChI is InChI=1S/C13H9ClFNO3/c1-7-5-8(13(17)18)6-16-12(7)19-10-4-2-3-9(14)11(10)15/h2-6H,1H3,(H,17,18). The highest BCUT2D eigenvalue weighted by atomic mass is 35.5. The molecule has 0 saturated carbocycles. The van der Waals surface area contributed by atoms with Crippen LogP contribution in [0.2, 0.25) is 5.02 Å². The van der Waals surface area contributed by atoms with Gasteiger partial charge in [-0.3, -0.25) is 0 Å². The van der Waals surface area contributed by atoms with Gasteiger partial charge in [0.15, 0.2) is 11.6 Å². The largest absolute Gasteiger partial charge is 0.478 e. The van der Waals surface area contributed by atoms with E-state index in [1.807, 2.05) is 0 Å². The molecule has 1 aromatic carbocycles. The van der Waals surface area contributed by atoms with E-state index in [0.29, 0.717) is 5.56 Å². The Labute approximate surface area is 113 Å². The average Bonchev–Trinajstić information content (AvgIpc) is 2.37. The van der Waals surface area contributed by atoms with Crippen molar-refractivity contribution in [3.63, 3.8) is 0 Å². The molecule has 0 radical (unpaired) electrons. The third-order valence-electron chi connectivity index (χ3n) is 2.40. The quantitative estimate of drug-likeness (QED) is 0.932. The first kappa shape index (κ1) is 13.3. The lowest BCUT2D eigenvalue weighted by atomic mass is 10.2. The molecule has 19 heavy (non-hydrogen) atoms. The van der Waals surface area contributed by atoms with Crippen molar-refractivity contribution in [3.05, 3.63) is 52.4 Å². The highest BCUT2D eigenvalue weighted by Crippen LogP contribution is 2.29. The summed E-state index contributed by atoms with van der Waals surface area (Å²) in [5.41, 5.74) is 0.524. The molecule has 4 nitrogen and oxygen atoms in total. The maximum absolute atomic E-state index is 13.6. The number of aromatic carboxylic acids is 1. The molecule has 0 bridgehead atoms. The second-order valence-corrected chi connectivity index (χ2v) is 4.21. The van der Waals surface area contributed by atoms with E-state index in [-0.39, 0.29) is 22.2 Å². The molecule has 98 valence electrons. The number of nitrogens with zero attached hydrogens (tertiary/aromatic N) is 1. The molecule has 0 spiro atoms. The minimum absolute atomic E-state index is 0.0383. The lowest BCUT2D eigenvalue weighted by Crippen LogP contribution is -2.00. The Morgan fingerprint density at radius 3 is 2.84 bits per heavy atom. The summed E-state index contributed by atoms with van der Waals surface area (Å²) in [6.45, 7) is 1.62. The molecule has 1 N–H and O–H groups in total. The third-order valence-corrected chi connectivity index (χ3v) is 2.69. The maximum atomic E-state index is 13.6. The molecular weight excluding hydrogens is 273 g/mol. The van der Waals surface area contributed by atoms with Crippen LogP contribution in [0, 0.1) is 12.7 Å². The van der Waals surface area contributed by atoms with Crippen LogP contribution >= 0.6 is 11.6 Å². The van der Waals surface area contributed by atoms with E-state index in [9.17, 15) is 9.18 Å². The van der Waals surface area contributed by atoms with E-state index in [2.05, 4.69) is 4.98 Å². The fourth-order valence-electron chi connectivity index (χ4n) is 1.45. The third kappa shape index (κ3) is 2.82. The predicted molar refractivity (Wildman–Crippen MR) is 67.4 cm³/mol. The molecule has 1 heterocycles. The summed E-state index contributed by atoms with van der Waals surface area (Å²) in [5, 5.41) is 8.75. The van der Waals surface area contributed by atoms with Crippen LogP contribution < -0.4 is 4.74 Å². The monoisotopic (exact) mass is 281 g/mol. The molecule has 2 rings (SSSR count). The molecule has 0 aliphatic carbocycles. The van der Waals surface area contributed by atoms with Gasteiger partial charge in [0.1, 0.15) is 0 Å². The van der Waals surface area contributed by atoms with Crippen LogP contribution in [0.3, 0.4) is 0 Å². The molecule has 6 heteroatoms. The van der Waals surface area contributed by atoms with E-state index in [4.69, 9.17) is 21.4 Å². The summed E-state index contributed by atoms with van der Waals surface area (Å²) in [5.74, 6) is -1.71. The minimum atomic E-state index is -1.09. The molecule has 2 aromatic rings. The number of hydrogen-bond donors (Lipinski definition) is 1. The summed E-state index contributed by atoms with van der Waals surface area (Å²) < 4.78 is 18.9. The molecule has 0 amide bonds. The highest BCUT2D eigenvalue weighted by molar-refractivity contribution is 6.30. The van der Waals surface area contributed by atoms with Crippen LogP contribution in [-0.4, -0.2) is 16.1 Å². The van der Waals surface area contributed by atoms with Gasteiger partial charge in [0.2, 0.25) is 5.88 Å². The molecule has 0 aliphatic rings. The maximum Gasteiger partial charge on any atom is 0.337 e. The summed E-state index contributed by atoms with van der Waals surface area (Å²) in [7, 11) is 0. The topological polar surface area (TPSA) is 59.4 Å². The van der Waals surface area contributed by atoms with Crippen LogP contribution in [0.1, 0.15) is 15.9 Å². The van der Waals surface area contributed by atoms with E-state index in [1.165, 1.54) is 18.2 Å². The molecule has 1 aromatic heterocycles. The van der Waals surface area contributed by atoms with E-state index >= 15 is 0 Å². The van der Waals surface area contributed by atoms with Gasteiger partial charge in [0, 0.05) is 11.8 Å². The van der Waals surface area contributed by atoms with Gasteiger partial charge in [0.25, 0.3) is 0 Å². The van der Waals surface area contributed by atoms with E-state index < -0.39 is 11.8 Å². The van der Waals surface area contributed by atoms with Crippen molar-refractivity contribution in [2.24, 2.45) is 0 Å². The number of carboxylic acids is 1. The number of carbonyl (C=O) groups is 1. The zero-order valence-electron chi connectivity index (χ0n) is 9.85. The minimum Gasteiger partial charge on any atom is -0.478 e. The Morgan fingerprint density at radius 2 is 2.21 bits per heavy atom. The lowest BCUT2D eigenvalue weighted by Gasteiger charge is -2.09. The lowest BCUT2D eigenvalue weighted by molar-refractivity contribution is 0.0696. The number of rotatable bonds is 3. The zero-order chi connectivity index (χ0) is 14.0. The number of benzene rings is 1. The Bertz CT molecular complexity index is 646. The summed E-state index contributed by atoms with van der Waals surface area (Å²) in [4.78, 5) is 14.6. The van der Waals surface area contributed by atoms with Crippen molar-refractivity contribution in [2.45, 2.75) is 6.92 Å². The first-order chi connectivity index (χ1) is 8.99. The van der Waals surface area contributed by atoms with Gasteiger partial charge >= 0.3 is 5.97 Å². The number of aromatic nitrogens is 1. The van der Waals surface area contributed by atoms with Gasteiger partial charge in [-0.2, -0.15) is 0 Å². The van der Waals surface area contributed by atoms with Gasteiger partial charge in [-0.05, 0) is 25.1 Å². The summed E-state index contributed by atoms with van der Waals surface area (Å²) in [6.07, 6.45) is 1.15. The SMILES string of the molecule is Cc1cc(C(=O)O)cnc1Oc1cccc(Cl)c1F. The van der Waals surface area contributed by atoms with E-state index in [0.717, 1.165) is 6.20 Å². The summed E-state index contributed by atoms with van der Waals surface area (Å²) >= 11 is 5.63. The van der Waals surface area contributed by atoms with Crippen LogP contribution in [0.4, 0.5) is 4.39 Å². The molecule has 0 aliphatic heterocycles. The first-order valence-corrected chi connectivity index (χ1v) is 5.68. The van der Waals surface area contributed by atoms with Gasteiger partial charge < -0.3 is 9.84 Å². The number of carboxylic acid groups (broad SMARTS) is 1. The predicted octanol–water partition coefficient (Wildman–Crippen LogP) is 3.67. The second-order valence-electron chi connectivity index (χ2n) is 3.81. The van der Waals surface area contributed by atoms with E-state index in [1.54, 1.807) is 13.0 Å².